The molecule has 142 valence electrons. The molecule has 0 fully saturated rings. The molecular formula is C18H18BrN3O4S. The zero-order valence-corrected chi connectivity index (χ0v) is 16.9. The Balaban J connectivity index is 1.67. The van der Waals surface area contributed by atoms with E-state index in [-0.39, 0.29) is 30.5 Å². The first kappa shape index (κ1) is 19.5. The van der Waals surface area contributed by atoms with E-state index in [1.807, 2.05) is 18.2 Å². The highest BCUT2D eigenvalue weighted by molar-refractivity contribution is 9.10. The van der Waals surface area contributed by atoms with Crippen molar-refractivity contribution in [1.82, 2.24) is 15.3 Å². The lowest BCUT2D eigenvalue weighted by molar-refractivity contribution is 0.0942. The lowest BCUT2D eigenvalue weighted by Gasteiger charge is -2.16. The van der Waals surface area contributed by atoms with E-state index in [1.54, 1.807) is 12.5 Å². The summed E-state index contributed by atoms with van der Waals surface area (Å²) in [5.74, 6) is 0.223. The number of carbonyl (C=O) groups excluding carboxylic acids is 1. The summed E-state index contributed by atoms with van der Waals surface area (Å²) in [6, 6.07) is 5.70. The van der Waals surface area contributed by atoms with Crippen LogP contribution in [0.3, 0.4) is 0 Å². The Labute approximate surface area is 167 Å². The number of thiophene rings is 1. The third-order valence-corrected chi connectivity index (χ3v) is 5.68. The van der Waals surface area contributed by atoms with Crippen LogP contribution >= 0.6 is 27.3 Å². The van der Waals surface area contributed by atoms with Crippen LogP contribution in [0.25, 0.3) is 10.2 Å². The second-order valence-electron chi connectivity index (χ2n) is 5.99. The number of halogens is 1. The topological polar surface area (TPSA) is 104 Å². The fourth-order valence-electron chi connectivity index (χ4n) is 2.75. The van der Waals surface area contributed by atoms with Gasteiger partial charge >= 0.3 is 0 Å². The lowest BCUT2D eigenvalue weighted by Crippen LogP contribution is -2.32. The van der Waals surface area contributed by atoms with E-state index >= 15 is 0 Å². The maximum Gasteiger partial charge on any atom is 0.260 e. The van der Waals surface area contributed by atoms with E-state index in [0.29, 0.717) is 22.2 Å². The summed E-state index contributed by atoms with van der Waals surface area (Å²) in [7, 11) is 1.60. The van der Waals surface area contributed by atoms with Gasteiger partial charge in [-0.3, -0.25) is 9.59 Å². The third kappa shape index (κ3) is 4.37. The van der Waals surface area contributed by atoms with Crippen molar-refractivity contribution in [3.8, 4) is 5.75 Å². The molecule has 9 heteroatoms. The van der Waals surface area contributed by atoms with E-state index in [2.05, 4.69) is 31.2 Å². The maximum absolute atomic E-state index is 12.5. The highest BCUT2D eigenvalue weighted by Crippen LogP contribution is 2.26. The normalized spacial score (nSPS) is 12.1. The minimum Gasteiger partial charge on any atom is -0.496 e. The van der Waals surface area contributed by atoms with Crippen molar-refractivity contribution in [3.05, 3.63) is 55.9 Å². The number of aromatic nitrogens is 2. The van der Waals surface area contributed by atoms with Gasteiger partial charge in [-0.1, -0.05) is 6.07 Å². The van der Waals surface area contributed by atoms with Gasteiger partial charge in [-0.05, 0) is 40.0 Å². The van der Waals surface area contributed by atoms with Crippen molar-refractivity contribution < 1.29 is 14.6 Å². The Morgan fingerprint density at radius 2 is 2.30 bits per heavy atom. The zero-order chi connectivity index (χ0) is 19.4. The van der Waals surface area contributed by atoms with Crippen LogP contribution in [0.4, 0.5) is 0 Å². The summed E-state index contributed by atoms with van der Waals surface area (Å²) < 4.78 is 6.04. The molecule has 1 unspecified atom stereocenters. The van der Waals surface area contributed by atoms with Crippen molar-refractivity contribution in [1.29, 1.82) is 0 Å². The molecule has 0 spiro atoms. The Kier molecular flexibility index (Phi) is 6.25. The monoisotopic (exact) mass is 451 g/mol. The van der Waals surface area contributed by atoms with Gasteiger partial charge in [0.05, 0.1) is 28.9 Å². The number of benzene rings is 1. The minimum atomic E-state index is -0.353. The molecule has 0 aliphatic rings. The molecule has 1 amide bonds. The Bertz CT molecular complexity index is 1020. The van der Waals surface area contributed by atoms with Gasteiger partial charge in [0.25, 0.3) is 11.5 Å². The second-order valence-corrected chi connectivity index (χ2v) is 7.71. The smallest absolute Gasteiger partial charge is 0.260 e. The molecular weight excluding hydrogens is 434 g/mol. The quantitative estimate of drug-likeness (QED) is 0.511. The number of hydrogen-bond donors (Lipinski definition) is 3. The zero-order valence-electron chi connectivity index (χ0n) is 14.5. The Hall–Kier alpha value is -2.23. The number of nitrogens with zero attached hydrogens (tertiary/aromatic N) is 1. The minimum absolute atomic E-state index is 0.0730. The molecule has 0 aliphatic carbocycles. The molecule has 0 saturated carbocycles. The molecule has 0 aliphatic heterocycles. The molecule has 0 saturated heterocycles. The molecule has 27 heavy (non-hydrogen) atoms. The molecule has 7 nitrogen and oxygen atoms in total. The molecule has 0 bridgehead atoms. The van der Waals surface area contributed by atoms with Crippen LogP contribution in [0.5, 0.6) is 5.75 Å². The summed E-state index contributed by atoms with van der Waals surface area (Å²) in [4.78, 5) is 31.5. The van der Waals surface area contributed by atoms with E-state index < -0.39 is 0 Å². The van der Waals surface area contributed by atoms with Crippen molar-refractivity contribution in [2.45, 2.75) is 6.42 Å². The van der Waals surface area contributed by atoms with Crippen LogP contribution in [-0.2, 0) is 6.42 Å². The van der Waals surface area contributed by atoms with Crippen LogP contribution in [0, 0.1) is 5.92 Å². The van der Waals surface area contributed by atoms with Gasteiger partial charge in [0.1, 0.15) is 10.6 Å². The van der Waals surface area contributed by atoms with Gasteiger partial charge < -0.3 is 20.1 Å². The number of methoxy groups -OCH3 is 1. The fourth-order valence-corrected chi connectivity index (χ4v) is 4.23. The first-order chi connectivity index (χ1) is 13.0. The van der Waals surface area contributed by atoms with Gasteiger partial charge in [-0.25, -0.2) is 4.98 Å². The van der Waals surface area contributed by atoms with Crippen LogP contribution in [0.15, 0.2) is 39.2 Å². The molecule has 1 aromatic carbocycles. The highest BCUT2D eigenvalue weighted by atomic mass is 79.9. The van der Waals surface area contributed by atoms with Crippen LogP contribution < -0.4 is 15.6 Å². The van der Waals surface area contributed by atoms with Crippen molar-refractivity contribution in [2.75, 3.05) is 20.3 Å². The summed E-state index contributed by atoms with van der Waals surface area (Å²) >= 11 is 4.69. The molecule has 1 atom stereocenters. The van der Waals surface area contributed by atoms with Gasteiger partial charge in [-0.15, -0.1) is 11.3 Å². The predicted molar refractivity (Wildman–Crippen MR) is 108 cm³/mol. The molecule has 3 N–H and O–H groups in total. The number of fused-ring (bicyclic) bond motifs is 1. The summed E-state index contributed by atoms with van der Waals surface area (Å²) in [6.45, 7) is 0.213. The van der Waals surface area contributed by atoms with E-state index in [1.165, 1.54) is 17.7 Å². The molecule has 3 aromatic rings. The standard InChI is InChI=1S/C18H18BrN3O4S/c1-26-14-3-2-10(5-13(14)19)4-11(7-23)6-20-16(24)12-8-27-18-15(12)17(25)21-9-22-18/h2-3,5,8-9,11,23H,4,6-7H2,1H3,(H,20,24)(H,21,22,25). The first-order valence-corrected chi connectivity index (χ1v) is 9.87. The number of aliphatic hydroxyl groups excluding tert-OH is 1. The largest absolute Gasteiger partial charge is 0.496 e. The summed E-state index contributed by atoms with van der Waals surface area (Å²) in [5.41, 5.74) is 0.971. The van der Waals surface area contributed by atoms with Gasteiger partial charge in [-0.2, -0.15) is 0 Å². The first-order valence-electron chi connectivity index (χ1n) is 8.19. The van der Waals surface area contributed by atoms with Crippen molar-refractivity contribution in [3.63, 3.8) is 0 Å². The average molecular weight is 452 g/mol. The summed E-state index contributed by atoms with van der Waals surface area (Å²) in [6.07, 6.45) is 1.91. The third-order valence-electron chi connectivity index (χ3n) is 4.17. The van der Waals surface area contributed by atoms with Crippen LogP contribution in [-0.4, -0.2) is 41.2 Å². The van der Waals surface area contributed by atoms with E-state index in [9.17, 15) is 14.7 Å². The van der Waals surface area contributed by atoms with Gasteiger partial charge in [0, 0.05) is 24.4 Å². The Morgan fingerprint density at radius 3 is 3.00 bits per heavy atom. The van der Waals surface area contributed by atoms with Crippen molar-refractivity contribution >= 4 is 43.4 Å². The van der Waals surface area contributed by atoms with Crippen LogP contribution in [0.2, 0.25) is 0 Å². The van der Waals surface area contributed by atoms with Gasteiger partial charge in [0.2, 0.25) is 0 Å². The number of rotatable bonds is 7. The molecule has 0 radical (unpaired) electrons. The number of ether oxygens (including phenoxy) is 1. The SMILES string of the molecule is COc1ccc(CC(CO)CNC(=O)c2csc3nc[nH]c(=O)c23)cc1Br. The average Bonchev–Trinajstić information content (AvgIpc) is 3.10. The fraction of sp³-hybridized carbons (Fsp3) is 0.278. The number of H-pyrrole nitrogens is 1. The number of aromatic amines is 1. The summed E-state index contributed by atoms with van der Waals surface area (Å²) in [5, 5.41) is 14.4. The number of nitrogens with one attached hydrogen (secondary N) is 2. The Morgan fingerprint density at radius 1 is 1.48 bits per heavy atom. The molecule has 2 aromatic heterocycles. The van der Waals surface area contributed by atoms with Crippen molar-refractivity contribution in [2.24, 2.45) is 5.92 Å². The number of aliphatic hydroxyl groups is 1. The molecule has 3 rings (SSSR count). The highest BCUT2D eigenvalue weighted by Gasteiger charge is 2.17. The number of hydrogen-bond acceptors (Lipinski definition) is 6. The van der Waals surface area contributed by atoms with E-state index in [4.69, 9.17) is 4.74 Å². The van der Waals surface area contributed by atoms with Crippen LogP contribution in [0.1, 0.15) is 15.9 Å². The van der Waals surface area contributed by atoms with E-state index in [0.717, 1.165) is 15.8 Å². The van der Waals surface area contributed by atoms with Gasteiger partial charge in [0.15, 0.2) is 0 Å². The lowest BCUT2D eigenvalue weighted by atomic mass is 10.00. The maximum atomic E-state index is 12.5. The number of carbonyl (C=O) groups is 1. The number of amides is 1. The second kappa shape index (κ2) is 8.64. The molecule has 2 heterocycles. The predicted octanol–water partition coefficient (Wildman–Crippen LogP) is 2.34.